The molecule has 0 saturated carbocycles. The van der Waals surface area contributed by atoms with Gasteiger partial charge < -0.3 is 0 Å². The summed E-state index contributed by atoms with van der Waals surface area (Å²) in [5.41, 5.74) is 13.6. The molecule has 0 aliphatic heterocycles. The first-order valence-electron chi connectivity index (χ1n) is 9.37. The van der Waals surface area contributed by atoms with Crippen LogP contribution in [0.15, 0.2) is 53.8 Å². The van der Waals surface area contributed by atoms with Gasteiger partial charge in [0.05, 0.1) is 0 Å². The van der Waals surface area contributed by atoms with Crippen LogP contribution in [0.5, 0.6) is 0 Å². The Bertz CT molecular complexity index is 849. The van der Waals surface area contributed by atoms with Crippen molar-refractivity contribution in [3.05, 3.63) is 87.2 Å². The predicted octanol–water partition coefficient (Wildman–Crippen LogP) is 6.01. The predicted molar refractivity (Wildman–Crippen MR) is 118 cm³/mol. The SMILES string of the molecule is Cc1cc(C)c(P(c2c(C)cc(C)cc2C)C(C)C2=C=CC=C2)c(C)c1. The molecule has 0 amide bonds. The number of hydrogen-bond acceptors (Lipinski definition) is 0. The maximum Gasteiger partial charge on any atom is 0.0167 e. The van der Waals surface area contributed by atoms with Crippen molar-refractivity contribution in [1.29, 1.82) is 0 Å². The molecule has 1 aliphatic carbocycles. The van der Waals surface area contributed by atoms with E-state index in [1.807, 2.05) is 6.08 Å². The Morgan fingerprint density at radius 2 is 1.15 bits per heavy atom. The molecule has 134 valence electrons. The van der Waals surface area contributed by atoms with Crippen molar-refractivity contribution in [2.75, 3.05) is 0 Å². The van der Waals surface area contributed by atoms with Crippen LogP contribution < -0.4 is 10.6 Å². The molecule has 0 N–H and O–H groups in total. The highest BCUT2D eigenvalue weighted by Gasteiger charge is 2.29. The summed E-state index contributed by atoms with van der Waals surface area (Å²) in [6, 6.07) is 9.38. The van der Waals surface area contributed by atoms with Crippen molar-refractivity contribution in [2.24, 2.45) is 0 Å². The van der Waals surface area contributed by atoms with E-state index in [0.717, 1.165) is 0 Å². The van der Waals surface area contributed by atoms with E-state index in [9.17, 15) is 0 Å². The van der Waals surface area contributed by atoms with Crippen LogP contribution in [0.25, 0.3) is 0 Å². The van der Waals surface area contributed by atoms with E-state index >= 15 is 0 Å². The Balaban J connectivity index is 2.29. The maximum atomic E-state index is 3.47. The summed E-state index contributed by atoms with van der Waals surface area (Å²) in [4.78, 5) is 0. The molecule has 0 fully saturated rings. The first kappa shape index (κ1) is 18.9. The van der Waals surface area contributed by atoms with Crippen LogP contribution in [0, 0.1) is 41.5 Å². The highest BCUT2D eigenvalue weighted by atomic mass is 31.1. The zero-order valence-electron chi connectivity index (χ0n) is 17.1. The second kappa shape index (κ2) is 7.40. The highest BCUT2D eigenvalue weighted by Crippen LogP contribution is 2.47. The zero-order valence-corrected chi connectivity index (χ0v) is 18.0. The second-order valence-corrected chi connectivity index (χ2v) is 10.1. The molecule has 2 aromatic carbocycles. The van der Waals surface area contributed by atoms with Crippen molar-refractivity contribution in [2.45, 2.75) is 54.1 Å². The smallest absolute Gasteiger partial charge is 0.0167 e. The van der Waals surface area contributed by atoms with E-state index in [-0.39, 0.29) is 0 Å². The molecule has 0 bridgehead atoms. The fourth-order valence-electron chi connectivity index (χ4n) is 4.35. The maximum absolute atomic E-state index is 3.47. The van der Waals surface area contributed by atoms with E-state index < -0.39 is 7.92 Å². The van der Waals surface area contributed by atoms with Gasteiger partial charge in [-0.05, 0) is 88.4 Å². The third-order valence-corrected chi connectivity index (χ3v) is 8.64. The van der Waals surface area contributed by atoms with E-state index in [0.29, 0.717) is 5.66 Å². The number of allylic oxidation sites excluding steroid dienone is 3. The minimum Gasteiger partial charge on any atom is -0.117 e. The Kier molecular flexibility index (Phi) is 5.38. The van der Waals surface area contributed by atoms with Crippen LogP contribution >= 0.6 is 7.92 Å². The molecule has 0 spiro atoms. The molecule has 1 heteroatoms. The summed E-state index contributed by atoms with van der Waals surface area (Å²) in [5.74, 6) is 0. The standard InChI is InChI=1S/C25H29P/c1-16-12-18(3)24(19(4)13-16)26(22(7)23-10-8-9-11-23)25-20(5)14-17(2)15-21(25)6/h8-10,12-15,22H,1-7H3. The van der Waals surface area contributed by atoms with E-state index in [2.05, 4.69) is 90.6 Å². The largest absolute Gasteiger partial charge is 0.117 e. The summed E-state index contributed by atoms with van der Waals surface area (Å²) in [6.45, 7) is 15.9. The highest BCUT2D eigenvalue weighted by molar-refractivity contribution is 7.74. The lowest BCUT2D eigenvalue weighted by molar-refractivity contribution is 1.16. The lowest BCUT2D eigenvalue weighted by atomic mass is 10.1. The topological polar surface area (TPSA) is 0 Å². The van der Waals surface area contributed by atoms with Gasteiger partial charge >= 0.3 is 0 Å². The van der Waals surface area contributed by atoms with Gasteiger partial charge in [-0.15, -0.1) is 5.73 Å². The van der Waals surface area contributed by atoms with Crippen molar-refractivity contribution in [3.63, 3.8) is 0 Å². The van der Waals surface area contributed by atoms with Gasteiger partial charge in [0.25, 0.3) is 0 Å². The van der Waals surface area contributed by atoms with Gasteiger partial charge in [0.15, 0.2) is 0 Å². The van der Waals surface area contributed by atoms with Crippen LogP contribution in [-0.4, -0.2) is 5.66 Å². The van der Waals surface area contributed by atoms with E-state index in [1.54, 1.807) is 10.6 Å². The molecule has 1 aliphatic rings. The monoisotopic (exact) mass is 360 g/mol. The minimum absolute atomic E-state index is 0.445. The summed E-state index contributed by atoms with van der Waals surface area (Å²) >= 11 is 0. The average Bonchev–Trinajstić information content (AvgIpc) is 3.05. The third-order valence-electron chi connectivity index (χ3n) is 5.21. The van der Waals surface area contributed by atoms with Crippen molar-refractivity contribution in [1.82, 2.24) is 0 Å². The van der Waals surface area contributed by atoms with Crippen LogP contribution in [0.4, 0.5) is 0 Å². The summed E-state index contributed by atoms with van der Waals surface area (Å²) in [7, 11) is -0.502. The first-order valence-corrected chi connectivity index (χ1v) is 10.8. The molecule has 0 radical (unpaired) electrons. The van der Waals surface area contributed by atoms with Crippen molar-refractivity contribution < 1.29 is 0 Å². The van der Waals surface area contributed by atoms with Crippen molar-refractivity contribution in [3.8, 4) is 0 Å². The third kappa shape index (κ3) is 3.50. The molecule has 1 unspecified atom stereocenters. The number of hydrogen-bond donors (Lipinski definition) is 0. The van der Waals surface area contributed by atoms with Crippen LogP contribution in [0.3, 0.4) is 0 Å². The van der Waals surface area contributed by atoms with Crippen LogP contribution in [0.1, 0.15) is 40.3 Å². The summed E-state index contributed by atoms with van der Waals surface area (Å²) in [5, 5.41) is 3.09. The Morgan fingerprint density at radius 3 is 1.50 bits per heavy atom. The zero-order chi connectivity index (χ0) is 19.0. The van der Waals surface area contributed by atoms with Gasteiger partial charge in [0, 0.05) is 11.2 Å². The number of benzene rings is 2. The first-order chi connectivity index (χ1) is 12.3. The molecule has 3 rings (SSSR count). The fraction of sp³-hybridized carbons (Fsp3) is 0.320. The van der Waals surface area contributed by atoms with E-state index in [4.69, 9.17) is 0 Å². The molecule has 1 atom stereocenters. The molecular weight excluding hydrogens is 331 g/mol. The lowest BCUT2D eigenvalue weighted by Crippen LogP contribution is -2.27. The Hall–Kier alpha value is -1.87. The molecule has 26 heavy (non-hydrogen) atoms. The van der Waals surface area contributed by atoms with Crippen LogP contribution in [0.2, 0.25) is 0 Å². The average molecular weight is 360 g/mol. The van der Waals surface area contributed by atoms with Gasteiger partial charge in [-0.2, -0.15) is 0 Å². The van der Waals surface area contributed by atoms with Gasteiger partial charge in [-0.1, -0.05) is 54.5 Å². The molecule has 2 aromatic rings. The minimum atomic E-state index is -0.502. The Morgan fingerprint density at radius 1 is 0.731 bits per heavy atom. The second-order valence-electron chi connectivity index (χ2n) is 7.67. The molecule has 0 saturated heterocycles. The van der Waals surface area contributed by atoms with Gasteiger partial charge in [0.2, 0.25) is 0 Å². The molecule has 0 nitrogen and oxygen atoms in total. The Labute approximate surface area is 160 Å². The van der Waals surface area contributed by atoms with Gasteiger partial charge in [-0.3, -0.25) is 0 Å². The van der Waals surface area contributed by atoms with Gasteiger partial charge in [-0.25, -0.2) is 0 Å². The summed E-state index contributed by atoms with van der Waals surface area (Å²) < 4.78 is 0. The fourth-order valence-corrected chi connectivity index (χ4v) is 7.56. The van der Waals surface area contributed by atoms with Crippen molar-refractivity contribution >= 4 is 18.5 Å². The quantitative estimate of drug-likeness (QED) is 0.463. The molecular formula is C25H29P. The number of rotatable bonds is 4. The number of aryl methyl sites for hydroxylation is 6. The molecule has 0 heterocycles. The molecule has 0 aromatic heterocycles. The van der Waals surface area contributed by atoms with Crippen LogP contribution in [-0.2, 0) is 0 Å². The summed E-state index contributed by atoms with van der Waals surface area (Å²) in [6.07, 6.45) is 6.39. The van der Waals surface area contributed by atoms with Gasteiger partial charge in [0.1, 0.15) is 0 Å². The van der Waals surface area contributed by atoms with E-state index in [1.165, 1.54) is 39.0 Å². The normalized spacial score (nSPS) is 14.2. The lowest BCUT2D eigenvalue weighted by Gasteiger charge is -2.31.